The van der Waals surface area contributed by atoms with Gasteiger partial charge in [-0.1, -0.05) is 109 Å². The van der Waals surface area contributed by atoms with Crippen LogP contribution in [0.2, 0.25) is 0 Å². The molecular formula is C41H23NS. The van der Waals surface area contributed by atoms with E-state index in [9.17, 15) is 0 Å². The molecule has 0 fully saturated rings. The highest BCUT2D eigenvalue weighted by molar-refractivity contribution is 7.26. The molecular weight excluding hydrogens is 539 g/mol. The Morgan fingerprint density at radius 1 is 0.372 bits per heavy atom. The molecule has 0 atom stereocenters. The average molecular weight is 562 g/mol. The van der Waals surface area contributed by atoms with E-state index in [1.165, 1.54) is 79.6 Å². The van der Waals surface area contributed by atoms with Crippen molar-refractivity contribution in [1.29, 1.82) is 0 Å². The lowest BCUT2D eigenvalue weighted by Gasteiger charge is -2.18. The van der Waals surface area contributed by atoms with Crippen molar-refractivity contribution in [2.24, 2.45) is 0 Å². The van der Waals surface area contributed by atoms with Gasteiger partial charge in [-0.3, -0.25) is 0 Å². The van der Waals surface area contributed by atoms with Crippen LogP contribution in [0.1, 0.15) is 0 Å². The number of fused-ring (bicyclic) bond motifs is 9. The zero-order valence-electron chi connectivity index (χ0n) is 23.1. The lowest BCUT2D eigenvalue weighted by Crippen LogP contribution is -1.92. The molecule has 2 heteroatoms. The van der Waals surface area contributed by atoms with Gasteiger partial charge in [0.15, 0.2) is 0 Å². The summed E-state index contributed by atoms with van der Waals surface area (Å²) in [5.41, 5.74) is 4.34. The molecule has 8 aromatic carbocycles. The van der Waals surface area contributed by atoms with E-state index in [4.69, 9.17) is 4.98 Å². The molecule has 43 heavy (non-hydrogen) atoms. The van der Waals surface area contributed by atoms with Crippen LogP contribution in [0.4, 0.5) is 0 Å². The number of rotatable bonds is 2. The van der Waals surface area contributed by atoms with Gasteiger partial charge in [-0.25, -0.2) is 4.98 Å². The van der Waals surface area contributed by atoms with Crippen LogP contribution in [0.15, 0.2) is 140 Å². The second kappa shape index (κ2) is 8.61. The third kappa shape index (κ3) is 3.19. The molecule has 198 valence electrons. The van der Waals surface area contributed by atoms with Crippen molar-refractivity contribution < 1.29 is 0 Å². The molecule has 0 saturated carbocycles. The fourth-order valence-electron chi connectivity index (χ4n) is 7.35. The zero-order valence-corrected chi connectivity index (χ0v) is 24.0. The van der Waals surface area contributed by atoms with Crippen LogP contribution in [0.5, 0.6) is 0 Å². The normalized spacial score (nSPS) is 12.2. The summed E-state index contributed by atoms with van der Waals surface area (Å²) in [5, 5.41) is 15.7. The lowest BCUT2D eigenvalue weighted by molar-refractivity contribution is 1.33. The minimum absolute atomic E-state index is 0.995. The summed E-state index contributed by atoms with van der Waals surface area (Å²) in [6.45, 7) is 0. The van der Waals surface area contributed by atoms with Gasteiger partial charge >= 0.3 is 0 Å². The quantitative estimate of drug-likeness (QED) is 0.151. The van der Waals surface area contributed by atoms with E-state index in [0.717, 1.165) is 17.0 Å². The first-order chi connectivity index (χ1) is 21.3. The molecule has 0 amide bonds. The van der Waals surface area contributed by atoms with E-state index < -0.39 is 0 Å². The minimum atomic E-state index is 0.995. The Morgan fingerprint density at radius 2 is 0.860 bits per heavy atom. The van der Waals surface area contributed by atoms with Crippen molar-refractivity contribution in [2.45, 2.75) is 0 Å². The number of nitrogens with zero attached hydrogens (tertiary/aromatic N) is 1. The summed E-state index contributed by atoms with van der Waals surface area (Å²) < 4.78 is 2.60. The Balaban J connectivity index is 1.30. The SMILES string of the molecule is c1cc(-c2cc3c4ccccc4c4cccc5c6ccccc6c(c2)c3c45)nc(-c2cccc3c2sc2ccccc23)c1. The van der Waals surface area contributed by atoms with Crippen LogP contribution >= 0.6 is 11.3 Å². The molecule has 1 nitrogen and oxygen atoms in total. The van der Waals surface area contributed by atoms with Crippen LogP contribution in [0, 0.1) is 0 Å². The topological polar surface area (TPSA) is 12.9 Å². The van der Waals surface area contributed by atoms with E-state index in [1.807, 2.05) is 11.3 Å². The maximum absolute atomic E-state index is 5.34. The highest BCUT2D eigenvalue weighted by atomic mass is 32.1. The van der Waals surface area contributed by atoms with Gasteiger partial charge in [0.2, 0.25) is 0 Å². The Hall–Kier alpha value is -5.31. The third-order valence-electron chi connectivity index (χ3n) is 9.19. The lowest BCUT2D eigenvalue weighted by atomic mass is 9.85. The van der Waals surface area contributed by atoms with Gasteiger partial charge in [0.05, 0.1) is 11.4 Å². The summed E-state index contributed by atoms with van der Waals surface area (Å²) in [6.07, 6.45) is 0. The molecule has 0 bridgehead atoms. The molecule has 0 saturated heterocycles. The van der Waals surface area contributed by atoms with Gasteiger partial charge in [0.25, 0.3) is 0 Å². The van der Waals surface area contributed by atoms with Crippen molar-refractivity contribution in [2.75, 3.05) is 0 Å². The van der Waals surface area contributed by atoms with E-state index in [2.05, 4.69) is 140 Å². The number of thiophene rings is 1. The van der Waals surface area contributed by atoms with Gasteiger partial charge in [-0.2, -0.15) is 0 Å². The third-order valence-corrected chi connectivity index (χ3v) is 10.4. The molecule has 0 N–H and O–H groups in total. The van der Waals surface area contributed by atoms with Crippen LogP contribution in [0.25, 0.3) is 96.5 Å². The number of pyridine rings is 1. The highest BCUT2D eigenvalue weighted by Crippen LogP contribution is 2.46. The van der Waals surface area contributed by atoms with Crippen LogP contribution in [-0.4, -0.2) is 4.98 Å². The number of hydrogen-bond acceptors (Lipinski definition) is 2. The van der Waals surface area contributed by atoms with Crippen molar-refractivity contribution in [1.82, 2.24) is 4.98 Å². The Kier molecular flexibility index (Phi) is 4.66. The van der Waals surface area contributed by atoms with Crippen molar-refractivity contribution >= 4 is 85.4 Å². The standard InChI is InChI=1S/C41H23NS/c1-3-12-27-25(10-1)30-15-7-16-31-26-11-2-4-13-28(26)35-23-24(22-34(27)40(35)39(30)31)36-19-9-20-37(42-36)33-18-8-17-32-29-14-5-6-21-38(29)43-41(32)33/h1-23H. The van der Waals surface area contributed by atoms with E-state index in [1.54, 1.807) is 0 Å². The Labute approximate surface area is 251 Å². The smallest absolute Gasteiger partial charge is 0.0723 e. The molecule has 10 rings (SSSR count). The minimum Gasteiger partial charge on any atom is -0.248 e. The molecule has 0 aliphatic rings. The van der Waals surface area contributed by atoms with Gasteiger partial charge in [-0.05, 0) is 84.2 Å². The van der Waals surface area contributed by atoms with Gasteiger partial charge in [0, 0.05) is 31.3 Å². The van der Waals surface area contributed by atoms with Crippen LogP contribution in [0.3, 0.4) is 0 Å². The monoisotopic (exact) mass is 561 g/mol. The molecule has 10 aromatic rings. The largest absolute Gasteiger partial charge is 0.248 e. The second-order valence-corrected chi connectivity index (χ2v) is 12.5. The van der Waals surface area contributed by atoms with E-state index in [-0.39, 0.29) is 0 Å². The Bertz CT molecular complexity index is 2630. The summed E-state index contributed by atoms with van der Waals surface area (Å²) >= 11 is 1.85. The second-order valence-electron chi connectivity index (χ2n) is 11.5. The summed E-state index contributed by atoms with van der Waals surface area (Å²) in [7, 11) is 0. The van der Waals surface area contributed by atoms with Gasteiger partial charge in [0.1, 0.15) is 0 Å². The molecule has 2 aromatic heterocycles. The first kappa shape index (κ1) is 23.3. The molecule has 0 aliphatic heterocycles. The van der Waals surface area contributed by atoms with Gasteiger partial charge < -0.3 is 0 Å². The molecule has 0 unspecified atom stereocenters. The summed E-state index contributed by atoms with van der Waals surface area (Å²) in [4.78, 5) is 5.34. The van der Waals surface area contributed by atoms with Crippen molar-refractivity contribution in [3.8, 4) is 22.5 Å². The number of hydrogen-bond donors (Lipinski definition) is 0. The summed E-state index contributed by atoms with van der Waals surface area (Å²) in [5.74, 6) is 0. The average Bonchev–Trinajstić information content (AvgIpc) is 3.47. The van der Waals surface area contributed by atoms with Crippen molar-refractivity contribution in [3.05, 3.63) is 140 Å². The highest BCUT2D eigenvalue weighted by Gasteiger charge is 2.19. The maximum Gasteiger partial charge on any atom is 0.0723 e. The van der Waals surface area contributed by atoms with Crippen molar-refractivity contribution in [3.63, 3.8) is 0 Å². The van der Waals surface area contributed by atoms with Crippen LogP contribution in [-0.2, 0) is 0 Å². The fraction of sp³-hybridized carbons (Fsp3) is 0. The first-order valence-corrected chi connectivity index (χ1v) is 15.5. The predicted octanol–water partition coefficient (Wildman–Crippen LogP) is 12.0. The van der Waals surface area contributed by atoms with Crippen LogP contribution < -0.4 is 0 Å². The first-order valence-electron chi connectivity index (χ1n) is 14.7. The molecule has 0 spiro atoms. The Morgan fingerprint density at radius 3 is 1.56 bits per heavy atom. The van der Waals surface area contributed by atoms with E-state index >= 15 is 0 Å². The van der Waals surface area contributed by atoms with Gasteiger partial charge in [-0.15, -0.1) is 11.3 Å². The fourth-order valence-corrected chi connectivity index (χ4v) is 8.58. The predicted molar refractivity (Wildman–Crippen MR) is 187 cm³/mol. The number of aromatic nitrogens is 1. The maximum atomic E-state index is 5.34. The zero-order chi connectivity index (χ0) is 28.1. The molecule has 0 radical (unpaired) electrons. The molecule has 0 aliphatic carbocycles. The van der Waals surface area contributed by atoms with E-state index in [0.29, 0.717) is 0 Å². The summed E-state index contributed by atoms with van der Waals surface area (Å²) in [6, 6.07) is 51.0. The number of benzene rings is 8. The molecule has 2 heterocycles.